The summed E-state index contributed by atoms with van der Waals surface area (Å²) in [6.07, 6.45) is -4.45. The highest BCUT2D eigenvalue weighted by molar-refractivity contribution is 5.95. The summed E-state index contributed by atoms with van der Waals surface area (Å²) in [5, 5.41) is 4.87. The van der Waals surface area contributed by atoms with Gasteiger partial charge in [0.1, 0.15) is 5.52 Å². The lowest BCUT2D eigenvalue weighted by Crippen LogP contribution is -2.06. The Morgan fingerprint density at radius 2 is 1.56 bits per heavy atom. The first-order valence-electron chi connectivity index (χ1n) is 8.61. The minimum atomic E-state index is -4.45. The summed E-state index contributed by atoms with van der Waals surface area (Å²) >= 11 is 0. The molecule has 4 rings (SSSR count). The van der Waals surface area contributed by atoms with Gasteiger partial charge in [-0.2, -0.15) is 18.3 Å². The number of hydrogen-bond donors (Lipinski definition) is 0. The van der Waals surface area contributed by atoms with Crippen molar-refractivity contribution < 1.29 is 13.2 Å². The van der Waals surface area contributed by atoms with Crippen LogP contribution in [0.3, 0.4) is 0 Å². The Morgan fingerprint density at radius 1 is 0.852 bits per heavy atom. The molecule has 2 nitrogen and oxygen atoms in total. The maximum atomic E-state index is 13.5. The highest BCUT2D eigenvalue weighted by Gasteiger charge is 2.34. The Morgan fingerprint density at radius 3 is 2.22 bits per heavy atom. The van der Waals surface area contributed by atoms with Crippen molar-refractivity contribution in [1.29, 1.82) is 0 Å². The molecule has 0 bridgehead atoms. The molecule has 4 aromatic rings. The van der Waals surface area contributed by atoms with Gasteiger partial charge in [0.25, 0.3) is 0 Å². The van der Waals surface area contributed by atoms with Crippen LogP contribution in [0, 0.1) is 6.92 Å². The topological polar surface area (TPSA) is 17.8 Å². The number of fused-ring (bicyclic) bond motifs is 1. The summed E-state index contributed by atoms with van der Waals surface area (Å²) in [5.41, 5.74) is 2.92. The molecule has 0 fully saturated rings. The summed E-state index contributed by atoms with van der Waals surface area (Å²) in [4.78, 5) is 0. The van der Waals surface area contributed by atoms with Gasteiger partial charge in [0.05, 0.1) is 17.8 Å². The average Bonchev–Trinajstić information content (AvgIpc) is 3.01. The second kappa shape index (κ2) is 6.58. The van der Waals surface area contributed by atoms with Gasteiger partial charge in [-0.25, -0.2) is 0 Å². The molecular formula is C22H17F3N2. The van der Waals surface area contributed by atoms with Gasteiger partial charge in [0.15, 0.2) is 0 Å². The molecule has 0 radical (unpaired) electrons. The second-order valence-corrected chi connectivity index (χ2v) is 6.56. The minimum absolute atomic E-state index is 0.0176. The molecular weight excluding hydrogens is 349 g/mol. The molecule has 0 saturated carbocycles. The molecule has 0 N–H and O–H groups in total. The van der Waals surface area contributed by atoms with Crippen molar-refractivity contribution in [3.8, 4) is 11.3 Å². The third-order valence-corrected chi connectivity index (χ3v) is 4.58. The van der Waals surface area contributed by atoms with Crippen LogP contribution in [-0.2, 0) is 12.7 Å². The third kappa shape index (κ3) is 3.33. The van der Waals surface area contributed by atoms with Crippen LogP contribution in [0.1, 0.15) is 16.7 Å². The highest BCUT2D eigenvalue weighted by Crippen LogP contribution is 2.38. The number of aryl methyl sites for hydroxylation is 1. The average molecular weight is 366 g/mol. The van der Waals surface area contributed by atoms with Crippen LogP contribution in [0.25, 0.3) is 22.2 Å². The molecule has 0 aliphatic rings. The molecule has 0 spiro atoms. The smallest absolute Gasteiger partial charge is 0.259 e. The molecule has 0 atom stereocenters. The first-order valence-corrected chi connectivity index (χ1v) is 8.61. The van der Waals surface area contributed by atoms with Crippen LogP contribution >= 0.6 is 0 Å². The fourth-order valence-electron chi connectivity index (χ4n) is 3.26. The van der Waals surface area contributed by atoms with Gasteiger partial charge in [-0.3, -0.25) is 4.68 Å². The predicted molar refractivity (Wildman–Crippen MR) is 100 cm³/mol. The van der Waals surface area contributed by atoms with E-state index in [4.69, 9.17) is 0 Å². The second-order valence-electron chi connectivity index (χ2n) is 6.56. The lowest BCUT2D eigenvalue weighted by atomic mass is 10.0. The Labute approximate surface area is 154 Å². The van der Waals surface area contributed by atoms with Crippen LogP contribution in [-0.4, -0.2) is 9.78 Å². The fourth-order valence-corrected chi connectivity index (χ4v) is 3.26. The van der Waals surface area contributed by atoms with Crippen LogP contribution in [0.15, 0.2) is 72.8 Å². The van der Waals surface area contributed by atoms with Crippen molar-refractivity contribution in [2.45, 2.75) is 19.6 Å². The van der Waals surface area contributed by atoms with Crippen molar-refractivity contribution >= 4 is 10.9 Å². The van der Waals surface area contributed by atoms with Crippen LogP contribution in [0.4, 0.5) is 13.2 Å². The summed E-state index contributed by atoms with van der Waals surface area (Å²) in [6, 6.07) is 21.6. The van der Waals surface area contributed by atoms with E-state index in [0.717, 1.165) is 22.8 Å². The van der Waals surface area contributed by atoms with Crippen LogP contribution < -0.4 is 0 Å². The lowest BCUT2D eigenvalue weighted by Gasteiger charge is -2.09. The quantitative estimate of drug-likeness (QED) is 0.430. The normalized spacial score (nSPS) is 11.9. The predicted octanol–water partition coefficient (Wildman–Crippen LogP) is 6.08. The zero-order chi connectivity index (χ0) is 19.0. The number of nitrogens with zero attached hydrogens (tertiary/aromatic N) is 2. The van der Waals surface area contributed by atoms with Gasteiger partial charge in [0, 0.05) is 10.9 Å². The van der Waals surface area contributed by atoms with Gasteiger partial charge < -0.3 is 0 Å². The van der Waals surface area contributed by atoms with Gasteiger partial charge in [0.2, 0.25) is 0 Å². The fraction of sp³-hybridized carbons (Fsp3) is 0.136. The van der Waals surface area contributed by atoms with E-state index < -0.39 is 11.7 Å². The highest BCUT2D eigenvalue weighted by atomic mass is 19.4. The standard InChI is InChI=1S/C22H17F3N2/c1-15-10-12-16(13-11-15)14-27-21(17-6-3-2-4-7-17)18-8-5-9-19(20(18)26-27)22(23,24)25/h2-13H,14H2,1H3. The van der Waals surface area contributed by atoms with E-state index in [1.54, 1.807) is 10.7 Å². The Hall–Kier alpha value is -3.08. The molecule has 27 heavy (non-hydrogen) atoms. The van der Waals surface area contributed by atoms with Crippen molar-refractivity contribution in [2.75, 3.05) is 0 Å². The summed E-state index contributed by atoms with van der Waals surface area (Å²) < 4.78 is 42.1. The number of aromatic nitrogens is 2. The molecule has 0 unspecified atom stereocenters. The molecule has 1 heterocycles. The van der Waals surface area contributed by atoms with Crippen molar-refractivity contribution in [3.63, 3.8) is 0 Å². The van der Waals surface area contributed by atoms with Gasteiger partial charge >= 0.3 is 6.18 Å². The molecule has 0 aliphatic carbocycles. The molecule has 1 aromatic heterocycles. The van der Waals surface area contributed by atoms with Crippen molar-refractivity contribution in [1.82, 2.24) is 9.78 Å². The van der Waals surface area contributed by atoms with E-state index in [2.05, 4.69) is 5.10 Å². The van der Waals surface area contributed by atoms with Gasteiger partial charge in [-0.15, -0.1) is 0 Å². The molecule has 0 amide bonds. The number of rotatable bonds is 3. The Bertz CT molecular complexity index is 1080. The summed E-state index contributed by atoms with van der Waals surface area (Å²) in [5.74, 6) is 0. The number of benzene rings is 3. The van der Waals surface area contributed by atoms with Gasteiger partial charge in [-0.1, -0.05) is 72.3 Å². The molecule has 0 saturated heterocycles. The van der Waals surface area contributed by atoms with Crippen molar-refractivity contribution in [3.05, 3.63) is 89.5 Å². The van der Waals surface area contributed by atoms with E-state index >= 15 is 0 Å². The first kappa shape index (κ1) is 17.3. The third-order valence-electron chi connectivity index (χ3n) is 4.58. The zero-order valence-corrected chi connectivity index (χ0v) is 14.7. The maximum absolute atomic E-state index is 13.5. The van der Waals surface area contributed by atoms with E-state index in [1.807, 2.05) is 61.5 Å². The van der Waals surface area contributed by atoms with E-state index in [1.165, 1.54) is 6.07 Å². The largest absolute Gasteiger partial charge is 0.418 e. The maximum Gasteiger partial charge on any atom is 0.418 e. The number of alkyl halides is 3. The molecule has 5 heteroatoms. The van der Waals surface area contributed by atoms with E-state index in [9.17, 15) is 13.2 Å². The SMILES string of the molecule is Cc1ccc(Cn2nc3c(C(F)(F)F)cccc3c2-c2ccccc2)cc1. The van der Waals surface area contributed by atoms with E-state index in [-0.39, 0.29) is 5.52 Å². The first-order chi connectivity index (χ1) is 12.9. The van der Waals surface area contributed by atoms with E-state index in [0.29, 0.717) is 17.6 Å². The van der Waals surface area contributed by atoms with Crippen LogP contribution in [0.2, 0.25) is 0 Å². The lowest BCUT2D eigenvalue weighted by molar-refractivity contribution is -0.136. The number of halogens is 3. The Kier molecular flexibility index (Phi) is 4.22. The molecule has 3 aromatic carbocycles. The summed E-state index contributed by atoms with van der Waals surface area (Å²) in [6.45, 7) is 2.40. The van der Waals surface area contributed by atoms with Crippen LogP contribution in [0.5, 0.6) is 0 Å². The molecule has 0 aliphatic heterocycles. The zero-order valence-electron chi connectivity index (χ0n) is 14.7. The number of hydrogen-bond acceptors (Lipinski definition) is 1. The molecule has 136 valence electrons. The van der Waals surface area contributed by atoms with Gasteiger partial charge in [-0.05, 0) is 18.6 Å². The van der Waals surface area contributed by atoms with Crippen molar-refractivity contribution in [2.24, 2.45) is 0 Å². The Balaban J connectivity index is 1.95. The monoisotopic (exact) mass is 366 g/mol. The summed E-state index contributed by atoms with van der Waals surface area (Å²) in [7, 11) is 0. The minimum Gasteiger partial charge on any atom is -0.259 e.